The number of aromatic nitrogens is 2. The lowest BCUT2D eigenvalue weighted by atomic mass is 9.88. The molecule has 4 heteroatoms. The third-order valence-electron chi connectivity index (χ3n) is 6.70. The van der Waals surface area contributed by atoms with Gasteiger partial charge in [0.15, 0.2) is 6.21 Å². The van der Waals surface area contributed by atoms with Crippen molar-refractivity contribution in [3.8, 4) is 17.3 Å². The summed E-state index contributed by atoms with van der Waals surface area (Å²) in [7, 11) is 0. The first-order valence-electron chi connectivity index (χ1n) is 12.8. The van der Waals surface area contributed by atoms with Crippen molar-refractivity contribution in [2.45, 2.75) is 26.2 Å². The monoisotopic (exact) mass is 495 g/mol. The third-order valence-corrected chi connectivity index (χ3v) is 6.70. The average molecular weight is 496 g/mol. The second-order valence-corrected chi connectivity index (χ2v) is 10.4. The van der Waals surface area contributed by atoms with E-state index in [2.05, 4.69) is 80.1 Å². The molecule has 5 aromatic rings. The fourth-order valence-corrected chi connectivity index (χ4v) is 4.75. The Hall–Kier alpha value is -4.70. The molecule has 6 rings (SSSR count). The minimum atomic E-state index is 0.0262. The van der Waals surface area contributed by atoms with E-state index in [1.54, 1.807) is 0 Å². The van der Waals surface area contributed by atoms with Crippen LogP contribution in [0.3, 0.4) is 0 Å². The van der Waals surface area contributed by atoms with E-state index in [0.717, 1.165) is 34.0 Å². The van der Waals surface area contributed by atoms with E-state index in [1.165, 1.54) is 16.3 Å². The van der Waals surface area contributed by atoms with Crippen LogP contribution in [0, 0.1) is 0 Å². The Balaban J connectivity index is 1.44. The molecule has 0 fully saturated rings. The van der Waals surface area contributed by atoms with E-state index in [9.17, 15) is 0 Å². The van der Waals surface area contributed by atoms with Crippen LogP contribution in [-0.4, -0.2) is 20.3 Å². The van der Waals surface area contributed by atoms with Crippen molar-refractivity contribution in [2.75, 3.05) is 0 Å². The van der Waals surface area contributed by atoms with Crippen LogP contribution in [0.2, 0.25) is 0 Å². The first kappa shape index (κ1) is 23.7. The summed E-state index contributed by atoms with van der Waals surface area (Å²) in [5, 5.41) is 2.36. The number of allylic oxidation sites excluding steroid dienone is 5. The third kappa shape index (κ3) is 4.57. The summed E-state index contributed by atoms with van der Waals surface area (Å²) in [6, 6.07) is 27.1. The van der Waals surface area contributed by atoms with Gasteiger partial charge in [0.1, 0.15) is 23.0 Å². The molecule has 0 amide bonds. The van der Waals surface area contributed by atoms with Gasteiger partial charge in [-0.05, 0) is 59.5 Å². The van der Waals surface area contributed by atoms with E-state index in [1.807, 2.05) is 77.7 Å². The second kappa shape index (κ2) is 9.64. The molecule has 3 heterocycles. The molecule has 0 N–H and O–H groups in total. The largest absolute Gasteiger partial charge is 0.458 e. The molecule has 0 unspecified atom stereocenters. The standard InChI is InChI=1S/C34H29N3O/c1-34(2,3)25-18-19-35-33(22-25)37-31-15-8-7-14-29(31)30-17-16-28(24-32(30)37)38-27-13-11-12-26(23-27)36-20-9-5-4-6-10-21-36/h4-20,22-24H,1-3H3/b5-4-,6-4?,9-5?,10-6-,20-9-,36-20?. The zero-order valence-corrected chi connectivity index (χ0v) is 21.8. The van der Waals surface area contributed by atoms with E-state index in [0.29, 0.717) is 0 Å². The van der Waals surface area contributed by atoms with Gasteiger partial charge in [-0.15, -0.1) is 12.2 Å². The van der Waals surface area contributed by atoms with Gasteiger partial charge in [0.05, 0.1) is 17.2 Å². The van der Waals surface area contributed by atoms with Gasteiger partial charge in [0.2, 0.25) is 0 Å². The van der Waals surface area contributed by atoms with Crippen LogP contribution in [0.1, 0.15) is 26.3 Å². The first-order chi connectivity index (χ1) is 18.5. The van der Waals surface area contributed by atoms with Gasteiger partial charge < -0.3 is 4.74 Å². The van der Waals surface area contributed by atoms with Crippen molar-refractivity contribution in [1.29, 1.82) is 0 Å². The maximum Gasteiger partial charge on any atom is 0.152 e. The molecule has 0 spiro atoms. The molecule has 0 saturated carbocycles. The topological polar surface area (TPSA) is 30.1 Å². The van der Waals surface area contributed by atoms with E-state index in [-0.39, 0.29) is 5.41 Å². The van der Waals surface area contributed by atoms with Gasteiger partial charge in [-0.2, -0.15) is 0 Å². The number of nitrogens with zero attached hydrogens (tertiary/aromatic N) is 3. The van der Waals surface area contributed by atoms with Crippen LogP contribution in [0.4, 0.5) is 5.69 Å². The van der Waals surface area contributed by atoms with Crippen LogP contribution in [0.5, 0.6) is 11.5 Å². The Kier molecular flexibility index (Phi) is 6.01. The molecular weight excluding hydrogens is 466 g/mol. The highest BCUT2D eigenvalue weighted by Crippen LogP contribution is 2.36. The molecule has 0 atom stereocenters. The zero-order valence-electron chi connectivity index (χ0n) is 21.8. The molecule has 0 saturated heterocycles. The van der Waals surface area contributed by atoms with Crippen molar-refractivity contribution < 1.29 is 9.31 Å². The van der Waals surface area contributed by atoms with Crippen LogP contribution in [0.15, 0.2) is 122 Å². The smallest absolute Gasteiger partial charge is 0.152 e. The normalized spacial score (nSPS) is 17.4. The van der Waals surface area contributed by atoms with Gasteiger partial charge >= 0.3 is 0 Å². The predicted molar refractivity (Wildman–Crippen MR) is 156 cm³/mol. The first-order valence-corrected chi connectivity index (χ1v) is 12.8. The minimum absolute atomic E-state index is 0.0262. The predicted octanol–water partition coefficient (Wildman–Crippen LogP) is 8.50. The minimum Gasteiger partial charge on any atom is -0.458 e. The maximum atomic E-state index is 6.39. The molecule has 0 bridgehead atoms. The Morgan fingerprint density at radius 3 is 2.47 bits per heavy atom. The molecule has 3 aromatic carbocycles. The van der Waals surface area contributed by atoms with Crippen molar-refractivity contribution >= 4 is 33.7 Å². The lowest BCUT2D eigenvalue weighted by molar-refractivity contribution is -0.353. The van der Waals surface area contributed by atoms with Crippen molar-refractivity contribution in [1.82, 2.24) is 9.55 Å². The summed E-state index contributed by atoms with van der Waals surface area (Å²) in [4.78, 5) is 4.78. The summed E-state index contributed by atoms with van der Waals surface area (Å²) >= 11 is 0. The highest BCUT2D eigenvalue weighted by molar-refractivity contribution is 6.09. The molecule has 0 radical (unpaired) electrons. The van der Waals surface area contributed by atoms with Crippen LogP contribution >= 0.6 is 0 Å². The maximum absolute atomic E-state index is 6.39. The Labute approximate surface area is 223 Å². The van der Waals surface area contributed by atoms with Crippen molar-refractivity contribution in [3.63, 3.8) is 0 Å². The van der Waals surface area contributed by atoms with Crippen LogP contribution in [-0.2, 0) is 5.41 Å². The molecule has 186 valence electrons. The number of ether oxygens (including phenoxy) is 1. The molecule has 0 aliphatic carbocycles. The fraction of sp³-hybridized carbons (Fsp3) is 0.118. The number of benzene rings is 3. The van der Waals surface area contributed by atoms with Gasteiger partial charge in [-0.25, -0.2) is 4.98 Å². The lowest BCUT2D eigenvalue weighted by Gasteiger charge is -2.20. The molecule has 4 nitrogen and oxygen atoms in total. The molecule has 38 heavy (non-hydrogen) atoms. The molecule has 2 aromatic heterocycles. The van der Waals surface area contributed by atoms with Crippen LogP contribution < -0.4 is 4.74 Å². The highest BCUT2D eigenvalue weighted by Gasteiger charge is 2.18. The van der Waals surface area contributed by atoms with Gasteiger partial charge in [0.25, 0.3) is 0 Å². The molecule has 1 aliphatic heterocycles. The second-order valence-electron chi connectivity index (χ2n) is 10.4. The summed E-state index contributed by atoms with van der Waals surface area (Å²) in [5.41, 5.74) is 4.42. The fourth-order valence-electron chi connectivity index (χ4n) is 4.75. The molecular formula is C34H29N3O. The van der Waals surface area contributed by atoms with Gasteiger partial charge in [0, 0.05) is 29.1 Å². The van der Waals surface area contributed by atoms with Gasteiger partial charge in [-0.1, -0.05) is 57.2 Å². The van der Waals surface area contributed by atoms with E-state index >= 15 is 0 Å². The number of rotatable bonds is 4. The van der Waals surface area contributed by atoms with Crippen molar-refractivity contribution in [2.24, 2.45) is 0 Å². The number of hydrogen-bond donors (Lipinski definition) is 0. The Morgan fingerprint density at radius 1 is 0.763 bits per heavy atom. The van der Waals surface area contributed by atoms with E-state index in [4.69, 9.17) is 9.72 Å². The summed E-state index contributed by atoms with van der Waals surface area (Å²) in [6.45, 7) is 6.68. The van der Waals surface area contributed by atoms with Crippen LogP contribution in [0.25, 0.3) is 27.6 Å². The Bertz CT molecular complexity index is 1780. The van der Waals surface area contributed by atoms with E-state index < -0.39 is 0 Å². The average Bonchev–Trinajstić information content (AvgIpc) is 3.22. The summed E-state index contributed by atoms with van der Waals surface area (Å²) in [6.07, 6.45) is 16.9. The number of hydrogen-bond acceptors (Lipinski definition) is 2. The van der Waals surface area contributed by atoms with Crippen molar-refractivity contribution in [3.05, 3.63) is 127 Å². The highest BCUT2D eigenvalue weighted by atomic mass is 16.5. The number of pyridine rings is 1. The number of para-hydroxylation sites is 1. The van der Waals surface area contributed by atoms with Gasteiger partial charge in [-0.3, -0.25) is 9.14 Å². The lowest BCUT2D eigenvalue weighted by Crippen LogP contribution is -2.12. The summed E-state index contributed by atoms with van der Waals surface area (Å²) in [5.74, 6) is 2.43. The SMILES string of the molecule is CC(C)(C)c1ccnc(-n2c3ccccc3c3ccc(Oc4cccc([N+]5=[C-]/C=C\C=C/C=C\5)c4)cc32)c1. The molecule has 1 aliphatic rings. The number of fused-ring (bicyclic) bond motifs is 3. The quantitative estimate of drug-likeness (QED) is 0.185. The zero-order chi connectivity index (χ0) is 26.1. The summed E-state index contributed by atoms with van der Waals surface area (Å²) < 4.78 is 10.6. The Morgan fingerprint density at radius 2 is 1.58 bits per heavy atom.